The molecule has 0 aliphatic carbocycles. The van der Waals surface area contributed by atoms with Crippen LogP contribution >= 0.6 is 0 Å². The van der Waals surface area contributed by atoms with Crippen LogP contribution in [0.25, 0.3) is 99.3 Å². The van der Waals surface area contributed by atoms with Crippen molar-refractivity contribution in [2.24, 2.45) is 0 Å². The van der Waals surface area contributed by atoms with Crippen LogP contribution in [0.2, 0.25) is 0 Å². The van der Waals surface area contributed by atoms with Crippen LogP contribution in [0.4, 0.5) is 0 Å². The summed E-state index contributed by atoms with van der Waals surface area (Å²) in [5, 5.41) is 6.56. The molecule has 10 rings (SSSR count). The number of hydrogen-bond acceptors (Lipinski definition) is 5. The van der Waals surface area contributed by atoms with Crippen molar-refractivity contribution in [3.63, 3.8) is 0 Å². The first-order valence-electron chi connectivity index (χ1n) is 16.3. The van der Waals surface area contributed by atoms with Crippen molar-refractivity contribution >= 4 is 54.5 Å². The third-order valence-corrected chi connectivity index (χ3v) is 9.43. The van der Waals surface area contributed by atoms with Crippen LogP contribution in [0.15, 0.2) is 163 Å². The lowest BCUT2D eigenvalue weighted by Gasteiger charge is -2.12. The number of furan rings is 1. The Morgan fingerprint density at radius 2 is 1.18 bits per heavy atom. The van der Waals surface area contributed by atoms with E-state index in [1.165, 1.54) is 0 Å². The second-order valence-electron chi connectivity index (χ2n) is 12.4. The average Bonchev–Trinajstić information content (AvgIpc) is 3.55. The predicted octanol–water partition coefficient (Wildman–Crippen LogP) is 11.3. The van der Waals surface area contributed by atoms with Gasteiger partial charge in [-0.3, -0.25) is 15.0 Å². The van der Waals surface area contributed by atoms with Gasteiger partial charge in [0.1, 0.15) is 11.2 Å². The summed E-state index contributed by atoms with van der Waals surface area (Å²) in [6, 6.07) is 46.4. The summed E-state index contributed by atoms with van der Waals surface area (Å²) in [5.41, 5.74) is 11.7. The molecule has 0 aliphatic rings. The van der Waals surface area contributed by atoms with Crippen LogP contribution in [-0.2, 0) is 0 Å². The molecular formula is C44H26N4O. The largest absolute Gasteiger partial charge is 0.456 e. The molecule has 5 aromatic heterocycles. The first-order valence-corrected chi connectivity index (χ1v) is 16.3. The van der Waals surface area contributed by atoms with Crippen LogP contribution in [0.3, 0.4) is 0 Å². The molecule has 228 valence electrons. The first kappa shape index (κ1) is 27.4. The molecule has 0 unspecified atom stereocenters. The minimum absolute atomic E-state index is 0.846. The number of aromatic nitrogens is 4. The third-order valence-electron chi connectivity index (χ3n) is 9.43. The molecule has 0 bridgehead atoms. The highest BCUT2D eigenvalue weighted by molar-refractivity contribution is 6.06. The van der Waals surface area contributed by atoms with Crippen LogP contribution in [0, 0.1) is 0 Å². The average molecular weight is 627 g/mol. The summed E-state index contributed by atoms with van der Waals surface area (Å²) in [7, 11) is 0. The maximum atomic E-state index is 6.26. The molecule has 0 saturated heterocycles. The van der Waals surface area contributed by atoms with E-state index in [9.17, 15) is 0 Å². The van der Waals surface area contributed by atoms with Gasteiger partial charge in [0.2, 0.25) is 0 Å². The van der Waals surface area contributed by atoms with Gasteiger partial charge in [0.25, 0.3) is 0 Å². The molecule has 49 heavy (non-hydrogen) atoms. The lowest BCUT2D eigenvalue weighted by atomic mass is 9.96. The molecule has 0 amide bonds. The first-order chi connectivity index (χ1) is 24.2. The molecule has 0 radical (unpaired) electrons. The maximum absolute atomic E-state index is 6.26. The van der Waals surface area contributed by atoms with Crippen molar-refractivity contribution in [1.29, 1.82) is 0 Å². The van der Waals surface area contributed by atoms with E-state index < -0.39 is 0 Å². The molecule has 10 aromatic rings. The number of fused-ring (bicyclic) bond motifs is 7. The van der Waals surface area contributed by atoms with Gasteiger partial charge in [-0.15, -0.1) is 0 Å². The minimum Gasteiger partial charge on any atom is -0.456 e. The fraction of sp³-hybridized carbons (Fsp3) is 0. The molecule has 0 saturated carbocycles. The highest BCUT2D eigenvalue weighted by Crippen LogP contribution is 2.37. The summed E-state index contributed by atoms with van der Waals surface area (Å²) in [6.07, 6.45) is 7.51. The van der Waals surface area contributed by atoms with E-state index in [4.69, 9.17) is 14.4 Å². The highest BCUT2D eigenvalue weighted by Gasteiger charge is 2.14. The van der Waals surface area contributed by atoms with Gasteiger partial charge < -0.3 is 4.42 Å². The van der Waals surface area contributed by atoms with Crippen molar-refractivity contribution in [3.05, 3.63) is 158 Å². The molecule has 0 spiro atoms. The highest BCUT2D eigenvalue weighted by atomic mass is 16.3. The zero-order valence-corrected chi connectivity index (χ0v) is 26.2. The fourth-order valence-corrected chi connectivity index (χ4v) is 6.95. The third kappa shape index (κ3) is 4.63. The van der Waals surface area contributed by atoms with Gasteiger partial charge in [-0.1, -0.05) is 84.9 Å². The minimum atomic E-state index is 0.846. The summed E-state index contributed by atoms with van der Waals surface area (Å²) in [5.74, 6) is 0. The van der Waals surface area contributed by atoms with E-state index in [0.29, 0.717) is 0 Å². The normalized spacial score (nSPS) is 11.7. The molecule has 0 aliphatic heterocycles. The summed E-state index contributed by atoms with van der Waals surface area (Å²) in [4.78, 5) is 19.1. The Labute approximate surface area is 281 Å². The lowest BCUT2D eigenvalue weighted by Crippen LogP contribution is -1.92. The van der Waals surface area contributed by atoms with Crippen LogP contribution in [0.5, 0.6) is 0 Å². The topological polar surface area (TPSA) is 64.7 Å². The molecule has 5 heteroatoms. The monoisotopic (exact) mass is 626 g/mol. The number of rotatable bonds is 4. The van der Waals surface area contributed by atoms with Crippen LogP contribution in [0.1, 0.15) is 0 Å². The van der Waals surface area contributed by atoms with E-state index in [1.54, 1.807) is 0 Å². The molecular weight excluding hydrogens is 601 g/mol. The van der Waals surface area contributed by atoms with E-state index in [0.717, 1.165) is 99.3 Å². The van der Waals surface area contributed by atoms with Crippen molar-refractivity contribution < 1.29 is 4.42 Å². The quantitative estimate of drug-likeness (QED) is 0.182. The van der Waals surface area contributed by atoms with E-state index in [1.807, 2.05) is 55.1 Å². The molecule has 0 atom stereocenters. The van der Waals surface area contributed by atoms with Gasteiger partial charge in [0.05, 0.1) is 22.4 Å². The second-order valence-corrected chi connectivity index (χ2v) is 12.4. The number of nitrogens with zero attached hydrogens (tertiary/aromatic N) is 4. The molecule has 5 heterocycles. The van der Waals surface area contributed by atoms with E-state index >= 15 is 0 Å². The molecule has 0 fully saturated rings. The van der Waals surface area contributed by atoms with Crippen LogP contribution < -0.4 is 0 Å². The lowest BCUT2D eigenvalue weighted by molar-refractivity contribution is 0.669. The number of hydrogen-bond donors (Lipinski definition) is 0. The van der Waals surface area contributed by atoms with Crippen molar-refractivity contribution in [1.82, 2.24) is 19.9 Å². The number of para-hydroxylation sites is 1. The Balaban J connectivity index is 1.10. The SMILES string of the molecule is c1cc(-c2cc(-c3ccc(-c4cnc5c(ccc6cccnc65)c4)cc3)cc(-c3ccc4c(c3)oc3ccccc34)n2)c2cnccc2c1. The zero-order chi connectivity index (χ0) is 32.3. The van der Waals surface area contributed by atoms with E-state index in [-0.39, 0.29) is 0 Å². The Morgan fingerprint density at radius 3 is 2.12 bits per heavy atom. The zero-order valence-electron chi connectivity index (χ0n) is 26.2. The van der Waals surface area contributed by atoms with Gasteiger partial charge in [0, 0.05) is 68.4 Å². The smallest absolute Gasteiger partial charge is 0.136 e. The summed E-state index contributed by atoms with van der Waals surface area (Å²) < 4.78 is 6.26. The van der Waals surface area contributed by atoms with Gasteiger partial charge in [-0.2, -0.15) is 0 Å². The van der Waals surface area contributed by atoms with Gasteiger partial charge >= 0.3 is 0 Å². The van der Waals surface area contributed by atoms with Gasteiger partial charge in [0.15, 0.2) is 0 Å². The van der Waals surface area contributed by atoms with Gasteiger partial charge in [-0.25, -0.2) is 4.98 Å². The Hall–Kier alpha value is -6.72. The standard InChI is InChI=1S/C44H26N4O/c1-2-9-41-36(7-1)37-17-16-31(24-42(37)49-41)39-22-33(23-40(48-39)35-8-3-5-29-18-20-45-26-38(29)35)27-10-12-28(13-11-27)34-21-32-15-14-30-6-4-19-46-43(30)44(32)47-25-34/h1-26H. The fourth-order valence-electron chi connectivity index (χ4n) is 6.95. The Bertz CT molecular complexity index is 2890. The molecule has 5 nitrogen and oxygen atoms in total. The van der Waals surface area contributed by atoms with Crippen molar-refractivity contribution in [2.75, 3.05) is 0 Å². The molecule has 5 aromatic carbocycles. The number of benzene rings is 5. The summed E-state index contributed by atoms with van der Waals surface area (Å²) >= 11 is 0. The van der Waals surface area contributed by atoms with Crippen LogP contribution in [-0.4, -0.2) is 19.9 Å². The van der Waals surface area contributed by atoms with Crippen molar-refractivity contribution in [3.8, 4) is 44.8 Å². The molecule has 0 N–H and O–H groups in total. The van der Waals surface area contributed by atoms with E-state index in [2.05, 4.69) is 113 Å². The Morgan fingerprint density at radius 1 is 0.408 bits per heavy atom. The number of pyridine rings is 4. The second kappa shape index (κ2) is 10.9. The maximum Gasteiger partial charge on any atom is 0.136 e. The Kier molecular flexibility index (Phi) is 6.11. The van der Waals surface area contributed by atoms with Gasteiger partial charge in [-0.05, 0) is 70.6 Å². The summed E-state index contributed by atoms with van der Waals surface area (Å²) in [6.45, 7) is 0. The van der Waals surface area contributed by atoms with Crippen molar-refractivity contribution in [2.45, 2.75) is 0 Å². The predicted molar refractivity (Wildman–Crippen MR) is 199 cm³/mol.